The summed E-state index contributed by atoms with van der Waals surface area (Å²) in [5.41, 5.74) is -0.0804. The van der Waals surface area contributed by atoms with Crippen LogP contribution in [0.4, 0.5) is 4.79 Å². The van der Waals surface area contributed by atoms with Gasteiger partial charge in [0.2, 0.25) is 0 Å². The van der Waals surface area contributed by atoms with E-state index >= 15 is 0 Å². The van der Waals surface area contributed by atoms with Gasteiger partial charge in [-0.05, 0) is 26.0 Å². The molecule has 0 aliphatic heterocycles. The van der Waals surface area contributed by atoms with Crippen LogP contribution in [0.25, 0.3) is 0 Å². The zero-order valence-electron chi connectivity index (χ0n) is 8.97. The molecule has 0 aliphatic rings. The number of hydrogen-bond acceptors (Lipinski definition) is 4. The molecule has 1 aromatic carbocycles. The molecule has 0 spiro atoms. The van der Waals surface area contributed by atoms with Gasteiger partial charge in [-0.3, -0.25) is 0 Å². The number of carboxylic acid groups (broad SMARTS) is 1. The van der Waals surface area contributed by atoms with E-state index in [1.807, 2.05) is 0 Å². The Bertz CT molecular complexity index is 397. The third-order valence-electron chi connectivity index (χ3n) is 1.64. The number of hydrogen-bond donors (Lipinski definition) is 1. The van der Waals surface area contributed by atoms with Crippen LogP contribution in [0.5, 0.6) is 5.75 Å². The molecule has 5 heteroatoms. The van der Waals surface area contributed by atoms with Crippen LogP contribution in [0.15, 0.2) is 24.3 Å². The summed E-state index contributed by atoms with van der Waals surface area (Å²) in [7, 11) is 0. The van der Waals surface area contributed by atoms with Crippen molar-refractivity contribution in [1.29, 1.82) is 0 Å². The number of aromatic carboxylic acids is 1. The molecule has 0 atom stereocenters. The summed E-state index contributed by atoms with van der Waals surface area (Å²) in [4.78, 5) is 22.0. The number of carboxylic acids is 1. The molecule has 0 heterocycles. The second-order valence-electron chi connectivity index (χ2n) is 3.32. The van der Waals surface area contributed by atoms with E-state index in [0.29, 0.717) is 0 Å². The SMILES string of the molecule is CC(C)OC(=O)Oc1ccccc1C(=O)O. The van der Waals surface area contributed by atoms with E-state index in [-0.39, 0.29) is 17.4 Å². The molecule has 0 radical (unpaired) electrons. The summed E-state index contributed by atoms with van der Waals surface area (Å²) in [6.07, 6.45) is -1.23. The molecule has 1 aromatic rings. The second-order valence-corrected chi connectivity index (χ2v) is 3.32. The van der Waals surface area contributed by atoms with E-state index < -0.39 is 12.1 Å². The highest BCUT2D eigenvalue weighted by Gasteiger charge is 2.15. The van der Waals surface area contributed by atoms with Crippen LogP contribution in [0.3, 0.4) is 0 Å². The highest BCUT2D eigenvalue weighted by atomic mass is 16.7. The predicted octanol–water partition coefficient (Wildman–Crippen LogP) is 2.31. The third-order valence-corrected chi connectivity index (χ3v) is 1.64. The number of para-hydroxylation sites is 1. The molecule has 0 saturated carbocycles. The van der Waals surface area contributed by atoms with Crippen molar-refractivity contribution in [2.24, 2.45) is 0 Å². The van der Waals surface area contributed by atoms with Gasteiger partial charge in [0.1, 0.15) is 11.3 Å². The fraction of sp³-hybridized carbons (Fsp3) is 0.273. The lowest BCUT2D eigenvalue weighted by molar-refractivity contribution is 0.0670. The number of carbonyl (C=O) groups is 2. The highest BCUT2D eigenvalue weighted by molar-refractivity contribution is 5.91. The van der Waals surface area contributed by atoms with Crippen LogP contribution >= 0.6 is 0 Å². The van der Waals surface area contributed by atoms with Crippen LogP contribution in [-0.2, 0) is 4.74 Å². The number of ether oxygens (including phenoxy) is 2. The molecule has 0 amide bonds. The minimum absolute atomic E-state index is 0.0272. The average molecular weight is 224 g/mol. The summed E-state index contributed by atoms with van der Waals surface area (Å²) in [5.74, 6) is -1.19. The van der Waals surface area contributed by atoms with Gasteiger partial charge in [-0.25, -0.2) is 9.59 Å². The molecule has 0 bridgehead atoms. The van der Waals surface area contributed by atoms with Gasteiger partial charge in [0.15, 0.2) is 0 Å². The molecular formula is C11H12O5. The van der Waals surface area contributed by atoms with E-state index in [9.17, 15) is 9.59 Å². The van der Waals surface area contributed by atoms with Gasteiger partial charge in [-0.2, -0.15) is 0 Å². The number of benzene rings is 1. The van der Waals surface area contributed by atoms with E-state index in [0.717, 1.165) is 0 Å². The average Bonchev–Trinajstić information content (AvgIpc) is 2.16. The molecule has 16 heavy (non-hydrogen) atoms. The van der Waals surface area contributed by atoms with E-state index in [2.05, 4.69) is 0 Å². The van der Waals surface area contributed by atoms with Crippen molar-refractivity contribution in [3.05, 3.63) is 29.8 Å². The van der Waals surface area contributed by atoms with Crippen molar-refractivity contribution in [2.45, 2.75) is 20.0 Å². The fourth-order valence-electron chi connectivity index (χ4n) is 1.04. The van der Waals surface area contributed by atoms with Crippen LogP contribution in [0.2, 0.25) is 0 Å². The van der Waals surface area contributed by atoms with Crippen LogP contribution in [0, 0.1) is 0 Å². The van der Waals surface area contributed by atoms with Gasteiger partial charge < -0.3 is 14.6 Å². The first-order valence-electron chi connectivity index (χ1n) is 4.71. The maximum atomic E-state index is 11.2. The molecule has 5 nitrogen and oxygen atoms in total. The van der Waals surface area contributed by atoms with Crippen molar-refractivity contribution in [2.75, 3.05) is 0 Å². The molecule has 1 rings (SSSR count). The standard InChI is InChI=1S/C11H12O5/c1-7(2)15-11(14)16-9-6-4-3-5-8(9)10(12)13/h3-7H,1-2H3,(H,12,13). The molecule has 0 fully saturated rings. The minimum Gasteiger partial charge on any atom is -0.478 e. The van der Waals surface area contributed by atoms with Gasteiger partial charge >= 0.3 is 12.1 Å². The van der Waals surface area contributed by atoms with Crippen molar-refractivity contribution < 1.29 is 24.2 Å². The van der Waals surface area contributed by atoms with Crippen LogP contribution in [0.1, 0.15) is 24.2 Å². The van der Waals surface area contributed by atoms with Gasteiger partial charge in [0.05, 0.1) is 6.10 Å². The lowest BCUT2D eigenvalue weighted by Gasteiger charge is -2.09. The normalized spacial score (nSPS) is 9.94. The summed E-state index contributed by atoms with van der Waals surface area (Å²) in [6, 6.07) is 5.86. The predicted molar refractivity (Wildman–Crippen MR) is 55.6 cm³/mol. The highest BCUT2D eigenvalue weighted by Crippen LogP contribution is 2.18. The Morgan fingerprint density at radius 1 is 1.25 bits per heavy atom. The minimum atomic E-state index is -1.16. The Morgan fingerprint density at radius 2 is 1.88 bits per heavy atom. The van der Waals surface area contributed by atoms with Crippen LogP contribution in [-0.4, -0.2) is 23.3 Å². The van der Waals surface area contributed by atoms with Gasteiger partial charge in [0.25, 0.3) is 0 Å². The van der Waals surface area contributed by atoms with Gasteiger partial charge in [0, 0.05) is 0 Å². The Morgan fingerprint density at radius 3 is 2.44 bits per heavy atom. The largest absolute Gasteiger partial charge is 0.514 e. The van der Waals surface area contributed by atoms with E-state index in [1.165, 1.54) is 12.1 Å². The first kappa shape index (κ1) is 12.0. The van der Waals surface area contributed by atoms with Crippen LogP contribution < -0.4 is 4.74 Å². The number of carbonyl (C=O) groups excluding carboxylic acids is 1. The summed E-state index contributed by atoms with van der Waals surface area (Å²) in [5, 5.41) is 8.83. The Hall–Kier alpha value is -2.04. The lowest BCUT2D eigenvalue weighted by Crippen LogP contribution is -2.16. The Kier molecular flexibility index (Phi) is 3.88. The summed E-state index contributed by atoms with van der Waals surface area (Å²) in [6.45, 7) is 3.34. The molecule has 0 saturated heterocycles. The zero-order chi connectivity index (χ0) is 12.1. The quantitative estimate of drug-likeness (QED) is 0.630. The van der Waals surface area contributed by atoms with Crippen molar-refractivity contribution in [3.8, 4) is 5.75 Å². The lowest BCUT2D eigenvalue weighted by atomic mass is 10.2. The maximum Gasteiger partial charge on any atom is 0.514 e. The molecule has 86 valence electrons. The second kappa shape index (κ2) is 5.16. The van der Waals surface area contributed by atoms with Crippen molar-refractivity contribution in [3.63, 3.8) is 0 Å². The summed E-state index contributed by atoms with van der Waals surface area (Å²) < 4.78 is 9.51. The maximum absolute atomic E-state index is 11.2. The van der Waals surface area contributed by atoms with E-state index in [1.54, 1.807) is 26.0 Å². The monoisotopic (exact) mass is 224 g/mol. The molecule has 0 unspecified atom stereocenters. The first-order valence-corrected chi connectivity index (χ1v) is 4.71. The molecule has 1 N–H and O–H groups in total. The van der Waals surface area contributed by atoms with Gasteiger partial charge in [-0.1, -0.05) is 12.1 Å². The smallest absolute Gasteiger partial charge is 0.478 e. The summed E-state index contributed by atoms with van der Waals surface area (Å²) >= 11 is 0. The molecule has 0 aliphatic carbocycles. The topological polar surface area (TPSA) is 72.8 Å². The number of rotatable bonds is 3. The fourth-order valence-corrected chi connectivity index (χ4v) is 1.04. The van der Waals surface area contributed by atoms with E-state index in [4.69, 9.17) is 14.6 Å². The van der Waals surface area contributed by atoms with Crippen molar-refractivity contribution >= 4 is 12.1 Å². The zero-order valence-corrected chi connectivity index (χ0v) is 8.97. The molecule has 0 aromatic heterocycles. The molecular weight excluding hydrogens is 212 g/mol. The Balaban J connectivity index is 2.81. The third kappa shape index (κ3) is 3.27. The Labute approximate surface area is 92.6 Å². The van der Waals surface area contributed by atoms with Crippen molar-refractivity contribution in [1.82, 2.24) is 0 Å². The van der Waals surface area contributed by atoms with Gasteiger partial charge in [-0.15, -0.1) is 0 Å². The first-order chi connectivity index (χ1) is 7.50.